The van der Waals surface area contributed by atoms with Crippen molar-refractivity contribution < 1.29 is 0 Å². The number of nitriles is 2. The van der Waals surface area contributed by atoms with E-state index in [-0.39, 0.29) is 5.69 Å². The molecule has 12 heavy (non-hydrogen) atoms. The van der Waals surface area contributed by atoms with Gasteiger partial charge < -0.3 is 5.73 Å². The Bertz CT molecular complexity index is 393. The molecule has 3 nitrogen and oxygen atoms in total. The number of aryl methyl sites for hydroxylation is 1. The SMILES string of the molecule is Cc1ccc(C#N)c(N)c1C#N. The van der Waals surface area contributed by atoms with Crippen molar-refractivity contribution in [2.75, 3.05) is 5.73 Å². The number of nitrogens with zero attached hydrogens (tertiary/aromatic N) is 2. The standard InChI is InChI=1S/C9H7N3/c1-6-2-3-7(4-10)9(12)8(6)5-11/h2-3H,12H2,1H3. The van der Waals surface area contributed by atoms with E-state index in [1.54, 1.807) is 19.1 Å². The maximum Gasteiger partial charge on any atom is 0.102 e. The number of benzene rings is 1. The first kappa shape index (κ1) is 8.10. The molecule has 2 N–H and O–H groups in total. The maximum absolute atomic E-state index is 8.68. The molecule has 0 atom stereocenters. The maximum atomic E-state index is 8.68. The average molecular weight is 157 g/mol. The van der Waals surface area contributed by atoms with E-state index in [1.807, 2.05) is 12.1 Å². The van der Waals surface area contributed by atoms with Crippen LogP contribution in [0.1, 0.15) is 16.7 Å². The molecule has 0 aliphatic carbocycles. The molecule has 0 bridgehead atoms. The van der Waals surface area contributed by atoms with Crippen LogP contribution in [0.25, 0.3) is 0 Å². The quantitative estimate of drug-likeness (QED) is 0.577. The van der Waals surface area contributed by atoms with Gasteiger partial charge in [-0.3, -0.25) is 0 Å². The number of nitrogens with two attached hydrogens (primary N) is 1. The van der Waals surface area contributed by atoms with Crippen LogP contribution in [0.3, 0.4) is 0 Å². The number of nitrogen functional groups attached to an aromatic ring is 1. The first-order chi connectivity index (χ1) is 5.70. The van der Waals surface area contributed by atoms with E-state index < -0.39 is 0 Å². The molecule has 1 aromatic carbocycles. The fraction of sp³-hybridized carbons (Fsp3) is 0.111. The summed E-state index contributed by atoms with van der Waals surface area (Å²) in [7, 11) is 0. The molecule has 1 rings (SSSR count). The van der Waals surface area contributed by atoms with Crippen LogP contribution in [0, 0.1) is 29.6 Å². The normalized spacial score (nSPS) is 8.58. The van der Waals surface area contributed by atoms with Crippen LogP contribution in [0.15, 0.2) is 12.1 Å². The van der Waals surface area contributed by atoms with Crippen molar-refractivity contribution in [1.29, 1.82) is 10.5 Å². The first-order valence-electron chi connectivity index (χ1n) is 3.40. The lowest BCUT2D eigenvalue weighted by molar-refractivity contribution is 1.37. The highest BCUT2D eigenvalue weighted by atomic mass is 14.6. The Morgan fingerprint density at radius 1 is 1.25 bits per heavy atom. The minimum Gasteiger partial charge on any atom is -0.397 e. The van der Waals surface area contributed by atoms with Gasteiger partial charge >= 0.3 is 0 Å². The second-order valence-electron chi connectivity index (χ2n) is 2.44. The van der Waals surface area contributed by atoms with Gasteiger partial charge in [0.15, 0.2) is 0 Å². The highest BCUT2D eigenvalue weighted by molar-refractivity contribution is 5.66. The Morgan fingerprint density at radius 3 is 2.42 bits per heavy atom. The molecule has 0 aromatic heterocycles. The van der Waals surface area contributed by atoms with E-state index in [1.165, 1.54) is 0 Å². The van der Waals surface area contributed by atoms with Gasteiger partial charge in [-0.05, 0) is 18.6 Å². The summed E-state index contributed by atoms with van der Waals surface area (Å²) in [5.41, 5.74) is 7.39. The van der Waals surface area contributed by atoms with Gasteiger partial charge in [0.05, 0.1) is 16.8 Å². The molecule has 0 aliphatic heterocycles. The van der Waals surface area contributed by atoms with Gasteiger partial charge in [0.2, 0.25) is 0 Å². The fourth-order valence-corrected chi connectivity index (χ4v) is 0.974. The van der Waals surface area contributed by atoms with Crippen LogP contribution in [0.4, 0.5) is 5.69 Å². The highest BCUT2D eigenvalue weighted by Crippen LogP contribution is 2.19. The summed E-state index contributed by atoms with van der Waals surface area (Å²) >= 11 is 0. The Hall–Kier alpha value is -2.00. The molecule has 58 valence electrons. The number of hydrogen-bond donors (Lipinski definition) is 1. The van der Waals surface area contributed by atoms with E-state index in [0.29, 0.717) is 11.1 Å². The third kappa shape index (κ3) is 1.09. The van der Waals surface area contributed by atoms with E-state index in [2.05, 4.69) is 0 Å². The molecule has 0 fully saturated rings. The highest BCUT2D eigenvalue weighted by Gasteiger charge is 2.06. The van der Waals surface area contributed by atoms with Crippen LogP contribution in [-0.2, 0) is 0 Å². The van der Waals surface area contributed by atoms with Crippen molar-refractivity contribution in [3.63, 3.8) is 0 Å². The van der Waals surface area contributed by atoms with Crippen LogP contribution >= 0.6 is 0 Å². The molecular weight excluding hydrogens is 150 g/mol. The van der Waals surface area contributed by atoms with Gasteiger partial charge in [-0.2, -0.15) is 10.5 Å². The molecule has 0 heterocycles. The van der Waals surface area contributed by atoms with Crippen molar-refractivity contribution in [2.45, 2.75) is 6.92 Å². The Balaban J connectivity index is 3.50. The van der Waals surface area contributed by atoms with Crippen LogP contribution < -0.4 is 5.73 Å². The Kier molecular flexibility index (Phi) is 1.98. The molecular formula is C9H7N3. The van der Waals surface area contributed by atoms with Crippen LogP contribution in [0.5, 0.6) is 0 Å². The molecule has 0 saturated heterocycles. The zero-order chi connectivity index (χ0) is 9.14. The monoisotopic (exact) mass is 157 g/mol. The second-order valence-corrected chi connectivity index (χ2v) is 2.44. The summed E-state index contributed by atoms with van der Waals surface area (Å²) < 4.78 is 0. The van der Waals surface area contributed by atoms with Crippen molar-refractivity contribution in [3.05, 3.63) is 28.8 Å². The van der Waals surface area contributed by atoms with Gasteiger partial charge in [0.25, 0.3) is 0 Å². The average Bonchev–Trinajstić information content (AvgIpc) is 2.06. The Morgan fingerprint density at radius 2 is 1.92 bits per heavy atom. The molecule has 0 unspecified atom stereocenters. The number of anilines is 1. The van der Waals surface area contributed by atoms with Gasteiger partial charge in [0, 0.05) is 0 Å². The lowest BCUT2D eigenvalue weighted by Gasteiger charge is -2.01. The van der Waals surface area contributed by atoms with E-state index in [0.717, 1.165) is 5.56 Å². The molecule has 0 radical (unpaired) electrons. The molecule has 0 saturated carbocycles. The van der Waals surface area contributed by atoms with Crippen molar-refractivity contribution in [1.82, 2.24) is 0 Å². The van der Waals surface area contributed by atoms with Crippen molar-refractivity contribution in [2.24, 2.45) is 0 Å². The minimum atomic E-state index is 0.278. The molecule has 3 heteroatoms. The van der Waals surface area contributed by atoms with Crippen molar-refractivity contribution in [3.8, 4) is 12.1 Å². The summed E-state index contributed by atoms with van der Waals surface area (Å²) in [6.07, 6.45) is 0. The summed E-state index contributed by atoms with van der Waals surface area (Å²) in [4.78, 5) is 0. The zero-order valence-electron chi connectivity index (χ0n) is 6.63. The van der Waals surface area contributed by atoms with Crippen LogP contribution in [-0.4, -0.2) is 0 Å². The van der Waals surface area contributed by atoms with Crippen LogP contribution in [0.2, 0.25) is 0 Å². The third-order valence-corrected chi connectivity index (χ3v) is 1.69. The predicted octanol–water partition coefficient (Wildman–Crippen LogP) is 1.32. The van der Waals surface area contributed by atoms with E-state index in [9.17, 15) is 0 Å². The molecule has 1 aromatic rings. The molecule has 0 aliphatic rings. The Labute approximate surface area is 70.7 Å². The summed E-state index contributed by atoms with van der Waals surface area (Å²) in [6, 6.07) is 7.22. The second kappa shape index (κ2) is 2.94. The smallest absolute Gasteiger partial charge is 0.102 e. The number of hydrogen-bond acceptors (Lipinski definition) is 3. The van der Waals surface area contributed by atoms with Gasteiger partial charge in [-0.1, -0.05) is 6.07 Å². The number of rotatable bonds is 0. The zero-order valence-corrected chi connectivity index (χ0v) is 6.63. The van der Waals surface area contributed by atoms with E-state index >= 15 is 0 Å². The summed E-state index contributed by atoms with van der Waals surface area (Å²) in [5, 5.41) is 17.3. The molecule has 0 spiro atoms. The lowest BCUT2D eigenvalue weighted by Crippen LogP contribution is -1.96. The molecule has 0 amide bonds. The first-order valence-corrected chi connectivity index (χ1v) is 3.40. The van der Waals surface area contributed by atoms with Gasteiger partial charge in [-0.25, -0.2) is 0 Å². The third-order valence-electron chi connectivity index (χ3n) is 1.69. The fourth-order valence-electron chi connectivity index (χ4n) is 0.974. The van der Waals surface area contributed by atoms with Crippen molar-refractivity contribution >= 4 is 5.69 Å². The predicted molar refractivity (Wildman–Crippen MR) is 45.0 cm³/mol. The van der Waals surface area contributed by atoms with Gasteiger partial charge in [-0.15, -0.1) is 0 Å². The topological polar surface area (TPSA) is 73.6 Å². The summed E-state index contributed by atoms with van der Waals surface area (Å²) in [6.45, 7) is 1.79. The lowest BCUT2D eigenvalue weighted by atomic mass is 10.0. The van der Waals surface area contributed by atoms with E-state index in [4.69, 9.17) is 16.3 Å². The minimum absolute atomic E-state index is 0.278. The van der Waals surface area contributed by atoms with Gasteiger partial charge in [0.1, 0.15) is 12.1 Å². The summed E-state index contributed by atoms with van der Waals surface area (Å²) in [5.74, 6) is 0. The largest absolute Gasteiger partial charge is 0.397 e.